The van der Waals surface area contributed by atoms with Crippen LogP contribution in [0.5, 0.6) is 0 Å². The van der Waals surface area contributed by atoms with Crippen molar-refractivity contribution in [3.05, 3.63) is 251 Å². The predicted octanol–water partition coefficient (Wildman–Crippen LogP) is 12.3. The van der Waals surface area contributed by atoms with E-state index >= 15 is 0 Å². The van der Waals surface area contributed by atoms with Crippen molar-refractivity contribution >= 4 is 36.6 Å². The fraction of sp³-hybridized carbons (Fsp3) is 0.347. The second kappa shape index (κ2) is 31.1. The lowest BCUT2D eigenvalue weighted by Gasteiger charge is -2.50. The Morgan fingerprint density at radius 2 is 1.07 bits per heavy atom. The first-order valence-electron chi connectivity index (χ1n) is 30.5. The smallest absolute Gasteiger partial charge is 0.454 e. The molecule has 0 unspecified atom stereocenters. The van der Waals surface area contributed by atoms with Gasteiger partial charge in [0.05, 0.1) is 46.1 Å². The molecule has 17 nitrogen and oxygen atoms in total. The van der Waals surface area contributed by atoms with Gasteiger partial charge in [-0.25, -0.2) is 4.79 Å². The summed E-state index contributed by atoms with van der Waals surface area (Å²) in [6.45, 7) is 11.4. The molecule has 2 heterocycles. The largest absolute Gasteiger partial charge is 0.508 e. The highest BCUT2D eigenvalue weighted by Gasteiger charge is 2.57. The lowest BCUT2D eigenvalue weighted by molar-refractivity contribution is -0.355. The first kappa shape index (κ1) is 64.9. The topological polar surface area (TPSA) is 202 Å². The number of benzene rings is 7. The summed E-state index contributed by atoms with van der Waals surface area (Å²) in [6, 6.07) is 63.3. The molecule has 2 aliphatic heterocycles. The molecule has 2 saturated heterocycles. The van der Waals surface area contributed by atoms with Crippen LogP contribution in [0.25, 0.3) is 21.6 Å². The summed E-state index contributed by atoms with van der Waals surface area (Å²) in [5.74, 6) is -1.36. The molecular formula is C72H77N3O14Si. The maximum Gasteiger partial charge on any atom is 0.508 e. The van der Waals surface area contributed by atoms with Crippen molar-refractivity contribution in [1.29, 1.82) is 0 Å². The first-order valence-corrected chi connectivity index (χ1v) is 32.4. The Morgan fingerprint density at radius 3 is 1.60 bits per heavy atom. The number of hydrogen-bond acceptors (Lipinski definition) is 15. The Labute approximate surface area is 526 Å². The first-order chi connectivity index (χ1) is 43.8. The Balaban J connectivity index is 1.08. The highest BCUT2D eigenvalue weighted by atomic mass is 28.4. The van der Waals surface area contributed by atoms with Crippen LogP contribution in [0, 0.1) is 0 Å². The molecule has 0 aromatic heterocycles. The van der Waals surface area contributed by atoms with Gasteiger partial charge < -0.3 is 56.6 Å². The number of carbonyl (C=O) groups excluding carboxylic acids is 3. The number of rotatable bonds is 28. The summed E-state index contributed by atoms with van der Waals surface area (Å²) in [4.78, 5) is 45.0. The van der Waals surface area contributed by atoms with E-state index in [9.17, 15) is 19.9 Å². The number of hydrogen-bond donors (Lipinski definition) is 0. The number of azide groups is 1. The Hall–Kier alpha value is -8.10. The molecule has 90 heavy (non-hydrogen) atoms. The van der Waals surface area contributed by atoms with Crippen LogP contribution in [-0.2, 0) is 81.2 Å². The van der Waals surface area contributed by atoms with E-state index in [2.05, 4.69) is 61.6 Å². The molecule has 0 saturated carbocycles. The van der Waals surface area contributed by atoms with Gasteiger partial charge in [-0.15, -0.1) is 6.58 Å². The molecule has 7 aromatic carbocycles. The maximum absolute atomic E-state index is 14.7. The van der Waals surface area contributed by atoms with E-state index in [1.165, 1.54) is 6.92 Å². The number of fused-ring (bicyclic) bond motifs is 3. The number of ketones is 1. The molecule has 10 atom stereocenters. The third kappa shape index (κ3) is 15.7. The molecule has 0 N–H and O–H groups in total. The van der Waals surface area contributed by atoms with Gasteiger partial charge in [0.2, 0.25) is 0 Å². The zero-order valence-electron chi connectivity index (χ0n) is 51.1. The van der Waals surface area contributed by atoms with Crippen LogP contribution < -0.4 is 10.4 Å². The molecule has 468 valence electrons. The molecule has 1 aliphatic carbocycles. The number of esters is 1. The van der Waals surface area contributed by atoms with Crippen LogP contribution in [0.1, 0.15) is 74.3 Å². The van der Waals surface area contributed by atoms with Gasteiger partial charge in [0.25, 0.3) is 8.32 Å². The lowest BCUT2D eigenvalue weighted by atomic mass is 9.95. The molecule has 2 fully saturated rings. The Kier molecular flexibility index (Phi) is 22.4. The van der Waals surface area contributed by atoms with Crippen molar-refractivity contribution in [3.8, 4) is 11.1 Å². The lowest BCUT2D eigenvalue weighted by Crippen LogP contribution is -2.69. The van der Waals surface area contributed by atoms with Gasteiger partial charge in [0.15, 0.2) is 24.8 Å². The van der Waals surface area contributed by atoms with Gasteiger partial charge in [-0.1, -0.05) is 232 Å². The quantitative estimate of drug-likeness (QED) is 0.0112. The van der Waals surface area contributed by atoms with Crippen molar-refractivity contribution < 1.29 is 66.2 Å². The van der Waals surface area contributed by atoms with Gasteiger partial charge in [0.1, 0.15) is 49.0 Å². The molecule has 0 amide bonds. The molecular weight excluding hydrogens is 1160 g/mol. The summed E-state index contributed by atoms with van der Waals surface area (Å²) < 4.78 is 75.1. The molecule has 18 heteroatoms. The van der Waals surface area contributed by atoms with Crippen molar-refractivity contribution in [3.63, 3.8) is 0 Å². The number of nitrogens with zero attached hydrogens (tertiary/aromatic N) is 3. The van der Waals surface area contributed by atoms with Crippen LogP contribution in [-0.4, -0.2) is 114 Å². The Morgan fingerprint density at radius 1 is 0.567 bits per heavy atom. The summed E-state index contributed by atoms with van der Waals surface area (Å²) in [5, 5.41) is 5.79. The van der Waals surface area contributed by atoms with Crippen LogP contribution in [0.4, 0.5) is 4.79 Å². The fourth-order valence-corrected chi connectivity index (χ4v) is 16.8. The second-order valence-electron chi connectivity index (χ2n) is 23.5. The summed E-state index contributed by atoms with van der Waals surface area (Å²) >= 11 is 0. The molecule has 0 radical (unpaired) electrons. The van der Waals surface area contributed by atoms with Gasteiger partial charge in [0, 0.05) is 17.3 Å². The summed E-state index contributed by atoms with van der Waals surface area (Å²) in [6.07, 6.45) is -12.1. The highest BCUT2D eigenvalue weighted by Crippen LogP contribution is 2.45. The molecule has 3 aliphatic rings. The third-order valence-corrected chi connectivity index (χ3v) is 21.4. The van der Waals surface area contributed by atoms with Gasteiger partial charge in [-0.05, 0) is 66.8 Å². The number of ether oxygens (including phenoxy) is 10. The minimum absolute atomic E-state index is 0.00150. The summed E-state index contributed by atoms with van der Waals surface area (Å²) in [5.41, 5.74) is 16.9. The monoisotopic (exact) mass is 1240 g/mol. The molecule has 0 spiro atoms. The second-order valence-corrected chi connectivity index (χ2v) is 27.8. The third-order valence-electron chi connectivity index (χ3n) is 16.4. The van der Waals surface area contributed by atoms with Crippen LogP contribution in [0.3, 0.4) is 0 Å². The van der Waals surface area contributed by atoms with Crippen molar-refractivity contribution in [2.24, 2.45) is 5.11 Å². The van der Waals surface area contributed by atoms with E-state index in [0.717, 1.165) is 49.3 Å². The molecule has 0 bridgehead atoms. The van der Waals surface area contributed by atoms with Crippen molar-refractivity contribution in [1.82, 2.24) is 0 Å². The van der Waals surface area contributed by atoms with E-state index in [1.807, 2.05) is 176 Å². The van der Waals surface area contributed by atoms with Gasteiger partial charge in [-0.2, -0.15) is 0 Å². The SMILES string of the molecule is C=CCO[C@@H]1O[C@H](CO[Si](c2ccccc2)(c2ccccc2)C(C)(C)C)[C@@H](O[C@@H]2O[C@@H](COCc3ccccc3)[C@@H](OC(=O)OCC3c4ccccc4-c4ccccc43)[C@H](OCc3ccccc3)[C@H]2OC(=O)CCC(C)=O)[C@H](OCc2ccccc2)[C@H]1N=[N+]=[N-]. The average molecular weight is 1240 g/mol. The fourth-order valence-electron chi connectivity index (χ4n) is 12.2. The minimum Gasteiger partial charge on any atom is -0.454 e. The van der Waals surface area contributed by atoms with E-state index in [4.69, 9.17) is 51.8 Å². The molecule has 10 rings (SSSR count). The van der Waals surface area contributed by atoms with Gasteiger partial charge >= 0.3 is 12.1 Å². The van der Waals surface area contributed by atoms with Crippen LogP contribution in [0.2, 0.25) is 5.04 Å². The zero-order chi connectivity index (χ0) is 62.9. The maximum atomic E-state index is 14.7. The van der Waals surface area contributed by atoms with Crippen molar-refractivity contribution in [2.45, 2.75) is 133 Å². The van der Waals surface area contributed by atoms with E-state index in [1.54, 1.807) is 6.08 Å². The highest BCUT2D eigenvalue weighted by molar-refractivity contribution is 6.99. The van der Waals surface area contributed by atoms with Crippen LogP contribution in [0.15, 0.2) is 218 Å². The Bertz CT molecular complexity index is 3420. The molecule has 7 aromatic rings. The summed E-state index contributed by atoms with van der Waals surface area (Å²) in [7, 11) is -3.37. The van der Waals surface area contributed by atoms with Crippen molar-refractivity contribution in [2.75, 3.05) is 26.4 Å². The number of Topliss-reactive ketones (excluding diaryl/α,β-unsaturated/α-hetero) is 1. The normalized spacial score (nSPS) is 22.3. The van der Waals surface area contributed by atoms with Crippen LogP contribution >= 0.6 is 0 Å². The number of carbonyl (C=O) groups is 3. The average Bonchev–Trinajstić information content (AvgIpc) is 0.908. The minimum atomic E-state index is -3.37. The zero-order valence-corrected chi connectivity index (χ0v) is 52.1. The van der Waals surface area contributed by atoms with Gasteiger partial charge in [-0.3, -0.25) is 4.79 Å². The van der Waals surface area contributed by atoms with E-state index in [-0.39, 0.29) is 70.8 Å². The van der Waals surface area contributed by atoms with E-state index < -0.39 is 86.8 Å². The predicted molar refractivity (Wildman–Crippen MR) is 341 cm³/mol. The standard InChI is InChI=1S/C72H77N3O14Si/c1-6-42-80-69-63(74-75-73)66(81-44-51-28-14-8-15-29-51)64(61(85-69)48-84-90(72(3,4)5,53-32-18-10-19-33-53)54-34-20-11-21-35-54)88-70-68(87-62(77)41-40-49(2)76)67(82-45-52-30-16-9-17-31-52)65(60(86-70)47-79-43-50-26-12-7-13-27-50)89-71(78)83-46-59-57-38-24-22-36-55(57)56-37-23-25-39-58(56)59/h6-39,59-61,63-70H,1,40-48H2,2-5H3/t60-,61+,63+,64+,65+,66+,67-,68+,69+,70-/m0/s1. The van der Waals surface area contributed by atoms with E-state index in [0.29, 0.717) is 0 Å².